The van der Waals surface area contributed by atoms with Crippen LogP contribution in [-0.2, 0) is 52.8 Å². The molecule has 69 heavy (non-hydrogen) atoms. The number of carbonyl (C=O) groups is 5. The number of nitrogens with zero attached hydrogens (tertiary/aromatic N) is 5. The van der Waals surface area contributed by atoms with Crippen LogP contribution in [0.25, 0.3) is 33.3 Å². The Morgan fingerprint density at radius 2 is 1.77 bits per heavy atom. The van der Waals surface area contributed by atoms with Gasteiger partial charge in [-0.1, -0.05) is 64.6 Å². The van der Waals surface area contributed by atoms with Crippen LogP contribution in [0.2, 0.25) is 0 Å². The highest BCUT2D eigenvalue weighted by atomic mass is 16.5. The number of amides is 4. The smallest absolute Gasteiger partial charge is 0.324 e. The summed E-state index contributed by atoms with van der Waals surface area (Å²) in [5.41, 5.74) is 8.21. The molecule has 5 heterocycles. The molecule has 3 fully saturated rings. The number of phenolic OH excluding ortho intramolecular Hbond substituents is 1. The Morgan fingerprint density at radius 1 is 1.01 bits per heavy atom. The molecule has 0 saturated carbocycles. The average Bonchev–Trinajstić information content (AvgIpc) is 3.89. The fourth-order valence-corrected chi connectivity index (χ4v) is 10.7. The Bertz CT molecular complexity index is 2640. The Labute approximate surface area is 404 Å². The number of nitrogens with one attached hydrogen (secondary N) is 2. The Kier molecular flexibility index (Phi) is 14.3. The van der Waals surface area contributed by atoms with E-state index in [9.17, 15) is 34.2 Å². The predicted octanol–water partition coefficient (Wildman–Crippen LogP) is 4.82. The number of likely N-dealkylation sites (tertiary alicyclic amines) is 1. The lowest BCUT2D eigenvalue weighted by Crippen LogP contribution is -2.63. The van der Waals surface area contributed by atoms with Gasteiger partial charge in [-0.05, 0) is 90.8 Å². The van der Waals surface area contributed by atoms with Crippen LogP contribution < -0.4 is 15.6 Å². The van der Waals surface area contributed by atoms with Gasteiger partial charge in [0, 0.05) is 80.2 Å². The van der Waals surface area contributed by atoms with Crippen LogP contribution >= 0.6 is 0 Å². The second-order valence-corrected chi connectivity index (χ2v) is 20.2. The molecule has 0 aliphatic carbocycles. The lowest BCUT2D eigenvalue weighted by molar-refractivity contribution is -0.156. The maximum atomic E-state index is 14.8. The second-order valence-electron chi connectivity index (χ2n) is 20.2. The first-order valence-corrected chi connectivity index (χ1v) is 24.3. The van der Waals surface area contributed by atoms with Crippen molar-refractivity contribution in [2.45, 2.75) is 97.0 Å². The summed E-state index contributed by atoms with van der Waals surface area (Å²) in [6, 6.07) is 16.8. The van der Waals surface area contributed by atoms with Crippen LogP contribution in [0.15, 0.2) is 73.3 Å². The van der Waals surface area contributed by atoms with Crippen molar-refractivity contribution in [2.24, 2.45) is 11.3 Å². The van der Waals surface area contributed by atoms with Gasteiger partial charge in [0.25, 0.3) is 11.8 Å². The van der Waals surface area contributed by atoms with Gasteiger partial charge in [0.15, 0.2) is 5.60 Å². The molecule has 3 saturated heterocycles. The second kappa shape index (κ2) is 20.0. The van der Waals surface area contributed by atoms with Gasteiger partial charge in [0.05, 0.1) is 32.1 Å². The van der Waals surface area contributed by atoms with E-state index in [1.165, 1.54) is 21.9 Å². The number of hydrogen-bond donors (Lipinski definition) is 4. The number of ether oxygens (including phenoxy) is 2. The summed E-state index contributed by atoms with van der Waals surface area (Å²) in [6.45, 7) is 17.1. The number of benzene rings is 3. The number of aryl methyl sites for hydroxylation is 1. The summed E-state index contributed by atoms with van der Waals surface area (Å²) in [6.07, 6.45) is 2.53. The van der Waals surface area contributed by atoms with E-state index < -0.39 is 64.7 Å². The first-order chi connectivity index (χ1) is 32.9. The zero-order valence-electron chi connectivity index (χ0n) is 40.8. The number of hydrazine groups is 1. The first kappa shape index (κ1) is 49.2. The Hall–Kier alpha value is -6.23. The molecular formula is C53H67N7O9. The minimum atomic E-state index is -1.93. The summed E-state index contributed by atoms with van der Waals surface area (Å²) >= 11 is 0. The van der Waals surface area contributed by atoms with Crippen molar-refractivity contribution in [1.82, 2.24) is 30.1 Å². The molecule has 4 amide bonds. The maximum absolute atomic E-state index is 14.8. The van der Waals surface area contributed by atoms with Crippen LogP contribution in [0.3, 0.4) is 0 Å². The minimum Gasteiger partial charge on any atom is -0.508 e. The molecule has 16 nitrogen and oxygen atoms in total. The number of carbonyl (C=O) groups excluding carboxylic acids is 5. The van der Waals surface area contributed by atoms with E-state index in [0.29, 0.717) is 50.1 Å². The van der Waals surface area contributed by atoms with Crippen molar-refractivity contribution in [1.29, 1.82) is 0 Å². The van der Waals surface area contributed by atoms with E-state index in [1.807, 2.05) is 12.1 Å². The van der Waals surface area contributed by atoms with Crippen LogP contribution in [0.4, 0.5) is 5.69 Å². The lowest BCUT2D eigenvalue weighted by Gasteiger charge is -2.37. The van der Waals surface area contributed by atoms with Crippen molar-refractivity contribution >= 4 is 46.2 Å². The molecule has 4 aliphatic heterocycles. The normalized spacial score (nSPS) is 22.5. The summed E-state index contributed by atoms with van der Waals surface area (Å²) in [4.78, 5) is 74.6. The van der Waals surface area contributed by atoms with Crippen molar-refractivity contribution in [3.8, 4) is 28.1 Å². The molecule has 1 unspecified atom stereocenters. The fraction of sp³-hybridized carbons (Fsp3) is 0.491. The van der Waals surface area contributed by atoms with Crippen molar-refractivity contribution in [2.75, 3.05) is 64.5 Å². The molecule has 16 heteroatoms. The largest absolute Gasteiger partial charge is 0.508 e. The van der Waals surface area contributed by atoms with Crippen LogP contribution in [0.5, 0.6) is 5.75 Å². The molecule has 4 N–H and O–H groups in total. The highest BCUT2D eigenvalue weighted by Gasteiger charge is 2.48. The molecule has 6 bridgehead atoms. The average molecular weight is 946 g/mol. The molecular weight excluding hydrogens is 879 g/mol. The third-order valence-electron chi connectivity index (χ3n) is 14.1. The van der Waals surface area contributed by atoms with Crippen LogP contribution in [0.1, 0.15) is 65.0 Å². The monoisotopic (exact) mass is 946 g/mol. The molecule has 3 aromatic carbocycles. The van der Waals surface area contributed by atoms with Gasteiger partial charge >= 0.3 is 5.97 Å². The number of aromatic nitrogens is 1. The Balaban J connectivity index is 1.20. The number of para-hydroxylation sites is 1. The van der Waals surface area contributed by atoms with Gasteiger partial charge in [0.1, 0.15) is 23.9 Å². The van der Waals surface area contributed by atoms with Crippen molar-refractivity contribution in [3.63, 3.8) is 0 Å². The topological polar surface area (TPSA) is 186 Å². The number of cyclic esters (lactones) is 1. The van der Waals surface area contributed by atoms with Crippen LogP contribution in [-0.4, -0.2) is 143 Å². The summed E-state index contributed by atoms with van der Waals surface area (Å²) in [5, 5.41) is 28.2. The highest BCUT2D eigenvalue weighted by molar-refractivity contribution is 5.98. The van der Waals surface area contributed by atoms with Gasteiger partial charge in [-0.2, -0.15) is 0 Å². The molecule has 368 valence electrons. The third kappa shape index (κ3) is 10.1. The number of hydrogen-bond acceptors (Lipinski definition) is 11. The van der Waals surface area contributed by atoms with Gasteiger partial charge in [-0.3, -0.25) is 29.0 Å². The number of morpholine rings is 1. The zero-order chi connectivity index (χ0) is 49.4. The van der Waals surface area contributed by atoms with E-state index in [1.54, 1.807) is 26.0 Å². The van der Waals surface area contributed by atoms with Gasteiger partial charge < -0.3 is 44.3 Å². The summed E-state index contributed by atoms with van der Waals surface area (Å²) in [7, 11) is 1.43. The molecule has 4 aliphatic rings. The van der Waals surface area contributed by atoms with Crippen molar-refractivity contribution < 1.29 is 43.7 Å². The first-order valence-electron chi connectivity index (χ1n) is 24.3. The van der Waals surface area contributed by atoms with Gasteiger partial charge in [-0.25, -0.2) is 5.43 Å². The molecule has 0 spiro atoms. The number of β-amino-alcohol motifs (C(OH)–C–C–N with tert-alkyl or cyclic N) is 1. The Morgan fingerprint density at radius 3 is 2.49 bits per heavy atom. The number of aliphatic hydroxyl groups is 1. The highest BCUT2D eigenvalue weighted by Crippen LogP contribution is 2.43. The van der Waals surface area contributed by atoms with Gasteiger partial charge in [0.2, 0.25) is 11.8 Å². The standard InChI is InChI=1S/C53H67N7O9/c1-8-45(62)58-20-18-53(67,31-58)51(66)56(7)46(33(3)4)48(63)54-42-27-34-25-36(28-37(61)26-34)35-16-17-44-39(29-35)40(30-52(5,6)32-69-50(65)41-14-12-19-60(55-41)49(42)64)47(59(44)9-2)38-13-10-11-15-43(38)57-21-23-68-24-22-57/h8,10-11,13,15-17,25-26,28-29,33,41-42,46,55,61,67H,1,9,12,14,18-24,27,30-32H2,2-7H3,(H,54,63)/t41-,42-,46-,53?/m0/s1. The van der Waals surface area contributed by atoms with E-state index in [-0.39, 0.29) is 44.8 Å². The van der Waals surface area contributed by atoms with E-state index >= 15 is 0 Å². The van der Waals surface area contributed by atoms with E-state index in [0.717, 1.165) is 58.1 Å². The van der Waals surface area contributed by atoms with E-state index in [4.69, 9.17) is 9.47 Å². The quantitative estimate of drug-likeness (QED) is 0.133. The molecule has 1 aromatic heterocycles. The summed E-state index contributed by atoms with van der Waals surface area (Å²) < 4.78 is 14.2. The number of rotatable bonds is 9. The predicted molar refractivity (Wildman–Crippen MR) is 263 cm³/mol. The molecule has 8 rings (SSSR count). The fourth-order valence-electron chi connectivity index (χ4n) is 10.7. The minimum absolute atomic E-state index is 0.0203. The number of phenols is 1. The third-order valence-corrected chi connectivity index (χ3v) is 14.1. The lowest BCUT2D eigenvalue weighted by atomic mass is 9.84. The molecule has 4 aromatic rings. The van der Waals surface area contributed by atoms with Gasteiger partial charge in [-0.15, -0.1) is 0 Å². The number of aromatic hydroxyl groups is 1. The molecule has 4 atom stereocenters. The maximum Gasteiger partial charge on any atom is 0.324 e. The number of likely N-dealkylation sites (N-methyl/N-ethyl adjacent to an activating group) is 1. The zero-order valence-corrected chi connectivity index (χ0v) is 40.8. The number of anilines is 1. The van der Waals surface area contributed by atoms with Crippen molar-refractivity contribution in [3.05, 3.63) is 84.4 Å². The summed E-state index contributed by atoms with van der Waals surface area (Å²) in [5.74, 6) is -3.29. The van der Waals surface area contributed by atoms with Crippen LogP contribution in [0, 0.1) is 11.3 Å². The number of fused-ring (bicyclic) bond motifs is 6. The number of esters is 1. The SMILES string of the molecule is C=CC(=O)N1CCC(O)(C(=O)N(C)[C@H](C(=O)N[C@H]2Cc3cc(O)cc(c3)-c3ccc4c(c3)c(c(-c3ccccc3N3CCOCC3)n4CC)CC(C)(C)COC(=O)[C@@H]3CCCN(N3)C2=O)C(C)C)C1. The molecule has 0 radical (unpaired) electrons. The van der Waals surface area contributed by atoms with E-state index in [2.05, 4.69) is 84.0 Å².